The van der Waals surface area contributed by atoms with Gasteiger partial charge in [0.25, 0.3) is 0 Å². The van der Waals surface area contributed by atoms with Crippen LogP contribution >= 0.6 is 24.0 Å². The van der Waals surface area contributed by atoms with E-state index in [1.165, 1.54) is 18.5 Å². The Morgan fingerprint density at radius 2 is 2.03 bits per heavy atom. The number of aliphatic imine (C=N–C) groups is 1. The van der Waals surface area contributed by atoms with Crippen LogP contribution in [0.1, 0.15) is 25.6 Å². The van der Waals surface area contributed by atoms with Crippen molar-refractivity contribution in [2.45, 2.75) is 24.8 Å². The normalized spacial score (nSPS) is 12.9. The highest BCUT2D eigenvalue weighted by Gasteiger charge is 2.14. The number of rotatable bonds is 8. The number of nitrogens with zero attached hydrogens (tertiary/aromatic N) is 2. The van der Waals surface area contributed by atoms with Gasteiger partial charge in [0, 0.05) is 30.9 Å². The molecule has 162 valence electrons. The number of nitrogens with one attached hydrogen (secondary N) is 3. The topological polar surface area (TPSA) is 109 Å². The second-order valence-electron chi connectivity index (χ2n) is 6.40. The molecule has 0 aliphatic heterocycles. The highest BCUT2D eigenvalue weighted by Crippen LogP contribution is 2.23. The van der Waals surface area contributed by atoms with E-state index in [-0.39, 0.29) is 48.0 Å². The summed E-state index contributed by atoms with van der Waals surface area (Å²) in [6.07, 6.45) is 2.84. The van der Waals surface area contributed by atoms with Crippen molar-refractivity contribution in [1.82, 2.24) is 20.3 Å². The molecular weight excluding hydrogens is 517 g/mol. The molecule has 3 N–H and O–H groups in total. The lowest BCUT2D eigenvalue weighted by atomic mass is 10.2. The van der Waals surface area contributed by atoms with Crippen molar-refractivity contribution in [3.05, 3.63) is 60.6 Å². The Hall–Kier alpha value is -2.18. The number of guanidine groups is 1. The first-order valence-corrected chi connectivity index (χ1v) is 10.9. The van der Waals surface area contributed by atoms with Gasteiger partial charge in [0.2, 0.25) is 10.0 Å². The summed E-state index contributed by atoms with van der Waals surface area (Å²) in [5, 5.41) is 7.48. The van der Waals surface area contributed by atoms with E-state index in [9.17, 15) is 8.42 Å². The van der Waals surface area contributed by atoms with Crippen molar-refractivity contribution in [3.63, 3.8) is 0 Å². The molecule has 2 aromatic heterocycles. The predicted molar refractivity (Wildman–Crippen MR) is 129 cm³/mol. The third kappa shape index (κ3) is 6.41. The molecular formula is C20H26IN5O3S. The summed E-state index contributed by atoms with van der Waals surface area (Å²) in [5.41, 5.74) is 0.836. The molecule has 0 bridgehead atoms. The molecule has 2 heterocycles. The van der Waals surface area contributed by atoms with E-state index in [1.807, 2.05) is 44.2 Å². The van der Waals surface area contributed by atoms with E-state index >= 15 is 0 Å². The van der Waals surface area contributed by atoms with Gasteiger partial charge in [-0.3, -0.25) is 9.98 Å². The van der Waals surface area contributed by atoms with Crippen LogP contribution in [-0.2, 0) is 10.0 Å². The van der Waals surface area contributed by atoms with Crippen molar-refractivity contribution in [3.8, 4) is 0 Å². The number of hydrogen-bond acceptors (Lipinski definition) is 5. The molecule has 3 aromatic rings. The largest absolute Gasteiger partial charge is 0.459 e. The lowest BCUT2D eigenvalue weighted by Crippen LogP contribution is -2.39. The lowest BCUT2D eigenvalue weighted by Gasteiger charge is -2.16. The molecule has 0 aliphatic rings. The van der Waals surface area contributed by atoms with Crippen LogP contribution in [0.5, 0.6) is 0 Å². The molecule has 1 unspecified atom stereocenters. The summed E-state index contributed by atoms with van der Waals surface area (Å²) in [5.74, 6) is 1.38. The molecule has 10 heteroatoms. The minimum Gasteiger partial charge on any atom is -0.459 e. The van der Waals surface area contributed by atoms with E-state index in [0.717, 1.165) is 16.7 Å². The summed E-state index contributed by atoms with van der Waals surface area (Å²) in [6.45, 7) is 5.08. The van der Waals surface area contributed by atoms with Gasteiger partial charge in [0.1, 0.15) is 16.2 Å². The average Bonchev–Trinajstić information content (AvgIpc) is 3.16. The van der Waals surface area contributed by atoms with E-state index in [4.69, 9.17) is 4.42 Å². The van der Waals surface area contributed by atoms with Gasteiger partial charge in [-0.2, -0.15) is 0 Å². The van der Waals surface area contributed by atoms with Crippen molar-refractivity contribution in [2.75, 3.05) is 19.6 Å². The minimum atomic E-state index is -3.59. The van der Waals surface area contributed by atoms with Gasteiger partial charge in [0.05, 0.1) is 12.6 Å². The SMILES string of the molecule is CCNC(=NCCNS(=O)(=O)c1cccnc1)NC(C)c1cc2ccccc2o1.I. The molecule has 3 rings (SSSR count). The highest BCUT2D eigenvalue weighted by molar-refractivity contribution is 14.0. The maximum atomic E-state index is 12.2. The number of fused-ring (bicyclic) bond motifs is 1. The van der Waals surface area contributed by atoms with Gasteiger partial charge >= 0.3 is 0 Å². The van der Waals surface area contributed by atoms with Crippen molar-refractivity contribution in [2.24, 2.45) is 4.99 Å². The zero-order valence-electron chi connectivity index (χ0n) is 16.8. The summed E-state index contributed by atoms with van der Waals surface area (Å²) in [4.78, 5) is 8.41. The fourth-order valence-corrected chi connectivity index (χ4v) is 3.73. The Morgan fingerprint density at radius 3 is 2.73 bits per heavy atom. The van der Waals surface area contributed by atoms with Crippen molar-refractivity contribution >= 4 is 50.9 Å². The van der Waals surface area contributed by atoms with Crippen LogP contribution in [0.15, 0.2) is 69.2 Å². The van der Waals surface area contributed by atoms with E-state index < -0.39 is 10.0 Å². The Balaban J connectivity index is 0.00000320. The fraction of sp³-hybridized carbons (Fsp3) is 0.300. The number of furan rings is 1. The second kappa shape index (κ2) is 11.3. The van der Waals surface area contributed by atoms with Crippen LogP contribution in [0.4, 0.5) is 0 Å². The molecule has 30 heavy (non-hydrogen) atoms. The number of halogens is 1. The van der Waals surface area contributed by atoms with Gasteiger partial charge < -0.3 is 15.1 Å². The summed E-state index contributed by atoms with van der Waals surface area (Å²) in [6, 6.07) is 12.8. The maximum Gasteiger partial charge on any atom is 0.242 e. The van der Waals surface area contributed by atoms with E-state index in [0.29, 0.717) is 12.5 Å². The van der Waals surface area contributed by atoms with E-state index in [1.54, 1.807) is 6.07 Å². The first-order chi connectivity index (χ1) is 14.0. The van der Waals surface area contributed by atoms with Crippen molar-refractivity contribution < 1.29 is 12.8 Å². The Kier molecular flexibility index (Phi) is 9.06. The third-order valence-electron chi connectivity index (χ3n) is 4.19. The highest BCUT2D eigenvalue weighted by atomic mass is 127. The van der Waals surface area contributed by atoms with Crippen LogP contribution in [0.2, 0.25) is 0 Å². The van der Waals surface area contributed by atoms with Gasteiger partial charge in [-0.15, -0.1) is 24.0 Å². The Labute approximate surface area is 193 Å². The first-order valence-electron chi connectivity index (χ1n) is 9.42. The standard InChI is InChI=1S/C20H25N5O3S.HI/c1-3-22-20(23-11-12-24-29(26,27)17-8-6-10-21-14-17)25-15(2)19-13-16-7-4-5-9-18(16)28-19;/h4-10,13-15,24H,3,11-12H2,1-2H3,(H2,22,23,25);1H. The second-order valence-corrected chi connectivity index (χ2v) is 8.17. The molecule has 0 spiro atoms. The van der Waals surface area contributed by atoms with Gasteiger partial charge in [-0.1, -0.05) is 18.2 Å². The van der Waals surface area contributed by atoms with Crippen LogP contribution in [-0.4, -0.2) is 39.0 Å². The van der Waals surface area contributed by atoms with Crippen LogP contribution in [0.25, 0.3) is 11.0 Å². The molecule has 1 atom stereocenters. The van der Waals surface area contributed by atoms with Crippen molar-refractivity contribution in [1.29, 1.82) is 0 Å². The van der Waals surface area contributed by atoms with E-state index in [2.05, 4.69) is 25.3 Å². The molecule has 1 aromatic carbocycles. The summed E-state index contributed by atoms with van der Waals surface area (Å²) in [7, 11) is -3.59. The smallest absolute Gasteiger partial charge is 0.242 e. The zero-order chi connectivity index (χ0) is 20.7. The van der Waals surface area contributed by atoms with Crippen LogP contribution < -0.4 is 15.4 Å². The molecule has 0 aliphatic carbocycles. The lowest BCUT2D eigenvalue weighted by molar-refractivity contribution is 0.488. The molecule has 0 amide bonds. The van der Waals surface area contributed by atoms with Crippen LogP contribution in [0.3, 0.4) is 0 Å². The van der Waals surface area contributed by atoms with Gasteiger partial charge in [-0.25, -0.2) is 13.1 Å². The molecule has 0 fully saturated rings. The van der Waals surface area contributed by atoms with Crippen LogP contribution in [0, 0.1) is 0 Å². The Morgan fingerprint density at radius 1 is 1.23 bits per heavy atom. The monoisotopic (exact) mass is 543 g/mol. The summed E-state index contributed by atoms with van der Waals surface area (Å²) >= 11 is 0. The predicted octanol–water partition coefficient (Wildman–Crippen LogP) is 3.04. The molecule has 8 nitrogen and oxygen atoms in total. The summed E-state index contributed by atoms with van der Waals surface area (Å²) < 4.78 is 32.8. The molecule has 0 saturated heterocycles. The number of hydrogen-bond donors (Lipinski definition) is 3. The first kappa shape index (κ1) is 24.1. The number of sulfonamides is 1. The molecule has 0 radical (unpaired) electrons. The van der Waals surface area contributed by atoms with Gasteiger partial charge in [-0.05, 0) is 38.1 Å². The Bertz CT molecular complexity index is 1040. The fourth-order valence-electron chi connectivity index (χ4n) is 2.75. The maximum absolute atomic E-state index is 12.2. The number of aromatic nitrogens is 1. The average molecular weight is 543 g/mol. The zero-order valence-corrected chi connectivity index (χ0v) is 20.0. The third-order valence-corrected chi connectivity index (χ3v) is 5.63. The molecule has 0 saturated carbocycles. The minimum absolute atomic E-state index is 0. The number of pyridine rings is 1. The quantitative estimate of drug-likeness (QED) is 0.175. The number of para-hydroxylation sites is 1. The van der Waals surface area contributed by atoms with Gasteiger partial charge in [0.15, 0.2) is 5.96 Å². The number of benzene rings is 1.